The molecule has 0 aromatic heterocycles. The Hall–Kier alpha value is -2.68. The van der Waals surface area contributed by atoms with Crippen molar-refractivity contribution in [1.82, 2.24) is 15.1 Å². The first-order chi connectivity index (χ1) is 17.3. The minimum Gasteiger partial charge on any atom is -0.465 e. The van der Waals surface area contributed by atoms with Crippen molar-refractivity contribution in [1.29, 1.82) is 0 Å². The lowest BCUT2D eigenvalue weighted by Crippen LogP contribution is -2.62. The van der Waals surface area contributed by atoms with Gasteiger partial charge in [0.25, 0.3) is 0 Å². The lowest BCUT2D eigenvalue weighted by molar-refractivity contribution is -0.134. The number of carbonyl (C=O) groups excluding carboxylic acids is 2. The van der Waals surface area contributed by atoms with E-state index < -0.39 is 22.8 Å². The third kappa shape index (κ3) is 6.08. The first-order valence-corrected chi connectivity index (χ1v) is 13.4. The Morgan fingerprint density at radius 2 is 1.68 bits per heavy atom. The van der Waals surface area contributed by atoms with Crippen LogP contribution < -0.4 is 10.2 Å². The van der Waals surface area contributed by atoms with Gasteiger partial charge in [0.15, 0.2) is 0 Å². The molecule has 3 fully saturated rings. The van der Waals surface area contributed by atoms with Crippen LogP contribution in [0.25, 0.3) is 0 Å². The standard InChI is InChI=1S/C28H41FN4O4/c1-26(2,3)33(25(36)37)27(4)11-15-31(16-12-27)19-28(29)13-17-32(18-14-28)21-7-5-20(6-8-21)22-9-10-23(34)30-24(22)35/h5-8,22H,9-19H2,1-4H3,(H,36,37)(H,30,34,35). The molecule has 1 aromatic rings. The number of anilines is 1. The molecule has 0 saturated carbocycles. The third-order valence-corrected chi connectivity index (χ3v) is 8.40. The van der Waals surface area contributed by atoms with Crippen molar-refractivity contribution in [3.63, 3.8) is 0 Å². The van der Waals surface area contributed by atoms with E-state index in [0.29, 0.717) is 71.2 Å². The molecule has 4 rings (SSSR count). The second-order valence-corrected chi connectivity index (χ2v) is 12.3. The summed E-state index contributed by atoms with van der Waals surface area (Å²) in [6, 6.07) is 7.85. The van der Waals surface area contributed by atoms with Gasteiger partial charge in [-0.25, -0.2) is 9.18 Å². The van der Waals surface area contributed by atoms with E-state index in [4.69, 9.17) is 0 Å². The second kappa shape index (κ2) is 10.2. The summed E-state index contributed by atoms with van der Waals surface area (Å²) < 4.78 is 15.9. The van der Waals surface area contributed by atoms with Crippen LogP contribution in [0.1, 0.15) is 77.7 Å². The molecule has 0 aliphatic carbocycles. The maximum absolute atomic E-state index is 15.9. The average Bonchev–Trinajstić information content (AvgIpc) is 2.80. The molecule has 8 nitrogen and oxygen atoms in total. The van der Waals surface area contributed by atoms with Crippen molar-refractivity contribution >= 4 is 23.6 Å². The molecule has 1 unspecified atom stereocenters. The maximum Gasteiger partial charge on any atom is 0.408 e. The van der Waals surface area contributed by atoms with E-state index in [-0.39, 0.29) is 17.7 Å². The summed E-state index contributed by atoms with van der Waals surface area (Å²) in [4.78, 5) is 41.5. The van der Waals surface area contributed by atoms with Crippen LogP contribution in [-0.2, 0) is 9.59 Å². The summed E-state index contributed by atoms with van der Waals surface area (Å²) >= 11 is 0. The Bertz CT molecular complexity index is 1010. The minimum absolute atomic E-state index is 0.216. The molecule has 0 radical (unpaired) electrons. The fraction of sp³-hybridized carbons (Fsp3) is 0.679. The first kappa shape index (κ1) is 27.4. The molecule has 1 aromatic carbocycles. The number of benzene rings is 1. The number of piperidine rings is 3. The molecule has 3 aliphatic rings. The Morgan fingerprint density at radius 3 is 2.19 bits per heavy atom. The van der Waals surface area contributed by atoms with Crippen molar-refractivity contribution in [3.8, 4) is 0 Å². The zero-order valence-electron chi connectivity index (χ0n) is 22.6. The number of rotatable bonds is 5. The zero-order chi connectivity index (χ0) is 27.0. The number of alkyl halides is 1. The summed E-state index contributed by atoms with van der Waals surface area (Å²) in [6.45, 7) is 10.8. The van der Waals surface area contributed by atoms with Gasteiger partial charge in [0, 0.05) is 68.8 Å². The van der Waals surface area contributed by atoms with Gasteiger partial charge in [-0.15, -0.1) is 0 Å². The van der Waals surface area contributed by atoms with Gasteiger partial charge in [-0.05, 0) is 64.7 Å². The Labute approximate surface area is 219 Å². The van der Waals surface area contributed by atoms with Crippen LogP contribution in [0, 0.1) is 0 Å². The molecule has 204 valence electrons. The van der Waals surface area contributed by atoms with Gasteiger partial charge in [0.1, 0.15) is 5.67 Å². The van der Waals surface area contributed by atoms with Crippen molar-refractivity contribution < 1.29 is 23.9 Å². The lowest BCUT2D eigenvalue weighted by Gasteiger charge is -2.51. The van der Waals surface area contributed by atoms with Crippen LogP contribution in [0.5, 0.6) is 0 Å². The van der Waals surface area contributed by atoms with Gasteiger partial charge >= 0.3 is 6.09 Å². The number of carbonyl (C=O) groups is 3. The number of hydrogen-bond acceptors (Lipinski definition) is 5. The molecule has 1 atom stereocenters. The first-order valence-electron chi connectivity index (χ1n) is 13.4. The molecular formula is C28H41FN4O4. The van der Waals surface area contributed by atoms with Gasteiger partial charge in [-0.2, -0.15) is 0 Å². The Kier molecular flexibility index (Phi) is 7.57. The molecule has 37 heavy (non-hydrogen) atoms. The highest BCUT2D eigenvalue weighted by Crippen LogP contribution is 2.37. The number of imide groups is 1. The summed E-state index contributed by atoms with van der Waals surface area (Å²) in [5.74, 6) is -0.758. The lowest BCUT2D eigenvalue weighted by atomic mass is 9.83. The largest absolute Gasteiger partial charge is 0.465 e. The summed E-state index contributed by atoms with van der Waals surface area (Å²) in [5, 5.41) is 12.2. The number of nitrogens with one attached hydrogen (secondary N) is 1. The van der Waals surface area contributed by atoms with E-state index in [1.807, 2.05) is 52.0 Å². The normalized spacial score (nSPS) is 24.5. The molecule has 3 saturated heterocycles. The van der Waals surface area contributed by atoms with Crippen molar-refractivity contribution in [2.45, 2.75) is 88.9 Å². The van der Waals surface area contributed by atoms with Crippen LogP contribution >= 0.6 is 0 Å². The number of likely N-dealkylation sites (tertiary alicyclic amines) is 1. The van der Waals surface area contributed by atoms with Crippen LogP contribution in [-0.4, -0.2) is 82.3 Å². The van der Waals surface area contributed by atoms with Gasteiger partial charge in [0.2, 0.25) is 11.8 Å². The van der Waals surface area contributed by atoms with Crippen molar-refractivity contribution in [3.05, 3.63) is 29.8 Å². The van der Waals surface area contributed by atoms with Gasteiger partial charge < -0.3 is 10.0 Å². The number of nitrogens with zero attached hydrogens (tertiary/aromatic N) is 3. The van der Waals surface area contributed by atoms with Crippen LogP contribution in [0.3, 0.4) is 0 Å². The SMILES string of the molecule is CC(C)(C)N(C(=O)O)C1(C)CCN(CC2(F)CCN(c3ccc(C4CCC(=O)NC4=O)cc3)CC2)CC1. The van der Waals surface area contributed by atoms with Gasteiger partial charge in [0.05, 0.1) is 5.92 Å². The third-order valence-electron chi connectivity index (χ3n) is 8.40. The Morgan fingerprint density at radius 1 is 1.08 bits per heavy atom. The van der Waals surface area contributed by atoms with Crippen molar-refractivity contribution in [2.75, 3.05) is 37.6 Å². The topological polar surface area (TPSA) is 93.2 Å². The van der Waals surface area contributed by atoms with Crippen LogP contribution in [0.15, 0.2) is 24.3 Å². The molecule has 3 aliphatic heterocycles. The molecule has 3 heterocycles. The average molecular weight is 517 g/mol. The number of halogens is 1. The molecule has 2 N–H and O–H groups in total. The van der Waals surface area contributed by atoms with E-state index in [0.717, 1.165) is 11.3 Å². The smallest absolute Gasteiger partial charge is 0.408 e. The molecular weight excluding hydrogens is 475 g/mol. The number of hydrogen-bond donors (Lipinski definition) is 2. The fourth-order valence-corrected chi connectivity index (χ4v) is 6.40. The van der Waals surface area contributed by atoms with E-state index in [2.05, 4.69) is 15.1 Å². The molecule has 9 heteroatoms. The van der Waals surface area contributed by atoms with Gasteiger partial charge in [-0.1, -0.05) is 12.1 Å². The fourth-order valence-electron chi connectivity index (χ4n) is 6.40. The zero-order valence-corrected chi connectivity index (χ0v) is 22.6. The summed E-state index contributed by atoms with van der Waals surface area (Å²) in [7, 11) is 0. The van der Waals surface area contributed by atoms with E-state index in [1.165, 1.54) is 0 Å². The van der Waals surface area contributed by atoms with E-state index in [9.17, 15) is 19.5 Å². The van der Waals surface area contributed by atoms with Crippen LogP contribution in [0.4, 0.5) is 14.9 Å². The number of carboxylic acid groups (broad SMARTS) is 1. The highest BCUT2D eigenvalue weighted by atomic mass is 19.1. The number of amides is 3. The minimum atomic E-state index is -1.26. The predicted molar refractivity (Wildman–Crippen MR) is 141 cm³/mol. The Balaban J connectivity index is 1.29. The highest BCUT2D eigenvalue weighted by molar-refractivity contribution is 6.00. The predicted octanol–water partition coefficient (Wildman–Crippen LogP) is 4.15. The van der Waals surface area contributed by atoms with E-state index in [1.54, 1.807) is 4.90 Å². The quantitative estimate of drug-likeness (QED) is 0.572. The highest BCUT2D eigenvalue weighted by Gasteiger charge is 2.45. The van der Waals surface area contributed by atoms with E-state index >= 15 is 4.39 Å². The molecule has 0 spiro atoms. The summed E-state index contributed by atoms with van der Waals surface area (Å²) in [5.41, 5.74) is -0.281. The summed E-state index contributed by atoms with van der Waals surface area (Å²) in [6.07, 6.45) is 2.25. The molecule has 0 bridgehead atoms. The maximum atomic E-state index is 15.9. The van der Waals surface area contributed by atoms with Crippen molar-refractivity contribution in [2.24, 2.45) is 0 Å². The second-order valence-electron chi connectivity index (χ2n) is 12.3. The van der Waals surface area contributed by atoms with Gasteiger partial charge in [-0.3, -0.25) is 24.7 Å². The monoisotopic (exact) mass is 516 g/mol. The molecule has 3 amide bonds. The van der Waals surface area contributed by atoms with Crippen LogP contribution in [0.2, 0.25) is 0 Å².